The second-order valence-electron chi connectivity index (χ2n) is 7.01. The summed E-state index contributed by atoms with van der Waals surface area (Å²) >= 11 is 6.37. The second kappa shape index (κ2) is 6.07. The van der Waals surface area contributed by atoms with Gasteiger partial charge in [-0.25, -0.2) is 22.4 Å². The fourth-order valence-electron chi connectivity index (χ4n) is 3.66. The molecule has 1 aliphatic carbocycles. The maximum atomic E-state index is 13.6. The Labute approximate surface area is 162 Å². The number of hydrogen-bond donors (Lipinski definition) is 0. The van der Waals surface area contributed by atoms with E-state index in [1.165, 1.54) is 3.97 Å². The first kappa shape index (κ1) is 18.0. The molecule has 0 saturated heterocycles. The van der Waals surface area contributed by atoms with Gasteiger partial charge in [-0.2, -0.15) is 0 Å². The Morgan fingerprint density at radius 2 is 2.04 bits per heavy atom. The average molecular weight is 403 g/mol. The molecule has 0 saturated carbocycles. The van der Waals surface area contributed by atoms with E-state index in [-0.39, 0.29) is 0 Å². The van der Waals surface area contributed by atoms with E-state index in [1.54, 1.807) is 43.9 Å². The molecule has 0 N–H and O–H groups in total. The average Bonchev–Trinajstić information content (AvgIpc) is 3.17. The van der Waals surface area contributed by atoms with Crippen molar-refractivity contribution in [2.45, 2.75) is 25.0 Å². The Bertz CT molecular complexity index is 1200. The van der Waals surface area contributed by atoms with E-state index in [4.69, 9.17) is 11.6 Å². The number of aromatic nitrogens is 4. The standard InChI is InChI=1S/C19H19ClN4O2S/c1-13-17(23(3)12-22-13)15-9-16(20)11-19(2,10-15)27(25,26)24-8-6-14-5-4-7-21-18(14)24/h4-9,11-12H,10H2,1-3H3. The molecule has 3 aromatic rings. The minimum Gasteiger partial charge on any atom is -0.334 e. The quantitative estimate of drug-likeness (QED) is 0.670. The van der Waals surface area contributed by atoms with E-state index in [0.717, 1.165) is 22.3 Å². The van der Waals surface area contributed by atoms with Gasteiger partial charge in [-0.3, -0.25) is 0 Å². The second-order valence-corrected chi connectivity index (χ2v) is 9.72. The van der Waals surface area contributed by atoms with Crippen LogP contribution in [0.2, 0.25) is 0 Å². The third-order valence-corrected chi connectivity index (χ3v) is 7.46. The van der Waals surface area contributed by atoms with Gasteiger partial charge in [0.15, 0.2) is 5.65 Å². The van der Waals surface area contributed by atoms with Crippen molar-refractivity contribution in [3.8, 4) is 0 Å². The number of rotatable bonds is 3. The van der Waals surface area contributed by atoms with Gasteiger partial charge in [-0.15, -0.1) is 0 Å². The van der Waals surface area contributed by atoms with Gasteiger partial charge in [-0.05, 0) is 56.2 Å². The summed E-state index contributed by atoms with van der Waals surface area (Å²) in [6.07, 6.45) is 8.56. The summed E-state index contributed by atoms with van der Waals surface area (Å²) < 4.78 is 29.1. The summed E-state index contributed by atoms with van der Waals surface area (Å²) in [7, 11) is -1.92. The lowest BCUT2D eigenvalue weighted by Crippen LogP contribution is -2.39. The van der Waals surface area contributed by atoms with Gasteiger partial charge in [0.25, 0.3) is 0 Å². The molecule has 0 spiro atoms. The van der Waals surface area contributed by atoms with Crippen molar-refractivity contribution in [2.75, 3.05) is 0 Å². The molecule has 0 aliphatic heterocycles. The normalized spacial score (nSPS) is 20.6. The van der Waals surface area contributed by atoms with Gasteiger partial charge < -0.3 is 4.57 Å². The highest BCUT2D eigenvalue weighted by molar-refractivity contribution is 7.91. The van der Waals surface area contributed by atoms with Gasteiger partial charge in [-0.1, -0.05) is 11.6 Å². The molecule has 0 amide bonds. The van der Waals surface area contributed by atoms with E-state index in [9.17, 15) is 8.42 Å². The van der Waals surface area contributed by atoms with Gasteiger partial charge in [0.2, 0.25) is 10.0 Å². The van der Waals surface area contributed by atoms with Crippen molar-refractivity contribution >= 4 is 38.2 Å². The molecule has 1 atom stereocenters. The maximum absolute atomic E-state index is 13.6. The lowest BCUT2D eigenvalue weighted by atomic mass is 9.92. The van der Waals surface area contributed by atoms with E-state index in [2.05, 4.69) is 9.97 Å². The van der Waals surface area contributed by atoms with Crippen molar-refractivity contribution in [3.05, 3.63) is 65.5 Å². The molecule has 4 rings (SSSR count). The van der Waals surface area contributed by atoms with Crippen LogP contribution in [0.15, 0.2) is 54.1 Å². The number of imidazole rings is 1. The minimum atomic E-state index is -3.80. The zero-order valence-electron chi connectivity index (χ0n) is 15.2. The Morgan fingerprint density at radius 3 is 2.74 bits per heavy atom. The third-order valence-electron chi connectivity index (χ3n) is 4.98. The Kier molecular flexibility index (Phi) is 4.05. The van der Waals surface area contributed by atoms with Crippen molar-refractivity contribution in [1.82, 2.24) is 18.5 Å². The lowest BCUT2D eigenvalue weighted by Gasteiger charge is -2.31. The number of pyridine rings is 1. The Hall–Kier alpha value is -2.38. The predicted octanol–water partition coefficient (Wildman–Crippen LogP) is 3.62. The fraction of sp³-hybridized carbons (Fsp3) is 0.263. The molecule has 140 valence electrons. The van der Waals surface area contributed by atoms with Crippen LogP contribution < -0.4 is 0 Å². The molecule has 0 radical (unpaired) electrons. The fourth-order valence-corrected chi connectivity index (χ4v) is 5.77. The molecule has 8 heteroatoms. The number of nitrogens with zero attached hydrogens (tertiary/aromatic N) is 4. The summed E-state index contributed by atoms with van der Waals surface area (Å²) in [5, 5.41) is 1.17. The number of aryl methyl sites for hydroxylation is 2. The van der Waals surface area contributed by atoms with E-state index < -0.39 is 14.8 Å². The van der Waals surface area contributed by atoms with E-state index in [0.29, 0.717) is 17.1 Å². The van der Waals surface area contributed by atoms with Gasteiger partial charge in [0.05, 0.1) is 17.7 Å². The van der Waals surface area contributed by atoms with Crippen LogP contribution >= 0.6 is 11.6 Å². The third kappa shape index (κ3) is 2.73. The number of allylic oxidation sites excluding steroid dienone is 3. The highest BCUT2D eigenvalue weighted by Crippen LogP contribution is 2.40. The smallest absolute Gasteiger partial charge is 0.249 e. The van der Waals surface area contributed by atoms with E-state index >= 15 is 0 Å². The molecule has 1 unspecified atom stereocenters. The van der Waals surface area contributed by atoms with Crippen molar-refractivity contribution in [2.24, 2.45) is 7.05 Å². The summed E-state index contributed by atoms with van der Waals surface area (Å²) in [5.74, 6) is 0. The topological polar surface area (TPSA) is 69.8 Å². The Balaban J connectivity index is 1.85. The van der Waals surface area contributed by atoms with Gasteiger partial charge in [0.1, 0.15) is 4.75 Å². The number of fused-ring (bicyclic) bond motifs is 1. The molecule has 1 aliphatic rings. The number of halogens is 1. The van der Waals surface area contributed by atoms with Crippen LogP contribution in [0, 0.1) is 6.92 Å². The van der Waals surface area contributed by atoms with Gasteiger partial charge >= 0.3 is 0 Å². The van der Waals surface area contributed by atoms with Crippen LogP contribution in [0.3, 0.4) is 0 Å². The van der Waals surface area contributed by atoms with Crippen molar-refractivity contribution in [3.63, 3.8) is 0 Å². The number of hydrogen-bond acceptors (Lipinski definition) is 4. The first-order chi connectivity index (χ1) is 12.7. The predicted molar refractivity (Wildman–Crippen MR) is 107 cm³/mol. The van der Waals surface area contributed by atoms with E-state index in [1.807, 2.05) is 30.7 Å². The first-order valence-electron chi connectivity index (χ1n) is 8.47. The Morgan fingerprint density at radius 1 is 1.26 bits per heavy atom. The molecule has 0 aromatic carbocycles. The molecule has 27 heavy (non-hydrogen) atoms. The van der Waals surface area contributed by atoms with Crippen LogP contribution in [0.1, 0.15) is 24.7 Å². The summed E-state index contributed by atoms with van der Waals surface area (Å²) in [5.41, 5.74) is 2.98. The van der Waals surface area contributed by atoms with Crippen molar-refractivity contribution < 1.29 is 8.42 Å². The van der Waals surface area contributed by atoms with Crippen molar-refractivity contribution in [1.29, 1.82) is 0 Å². The highest BCUT2D eigenvalue weighted by atomic mass is 35.5. The maximum Gasteiger partial charge on any atom is 0.249 e. The minimum absolute atomic E-state index is 0.290. The zero-order chi connectivity index (χ0) is 19.4. The van der Waals surface area contributed by atoms with Crippen LogP contribution in [0.25, 0.3) is 16.6 Å². The lowest BCUT2D eigenvalue weighted by molar-refractivity contribution is 0.555. The van der Waals surface area contributed by atoms with Gasteiger partial charge in [0, 0.05) is 29.9 Å². The SMILES string of the molecule is Cc1ncn(C)c1C1=CC(Cl)=CC(C)(S(=O)(=O)n2ccc3cccnc32)C1. The van der Waals surface area contributed by atoms with Crippen LogP contribution in [0.5, 0.6) is 0 Å². The largest absolute Gasteiger partial charge is 0.334 e. The molecular weight excluding hydrogens is 384 g/mol. The zero-order valence-corrected chi connectivity index (χ0v) is 16.8. The highest BCUT2D eigenvalue weighted by Gasteiger charge is 2.42. The molecule has 6 nitrogen and oxygen atoms in total. The van der Waals surface area contributed by atoms with Crippen LogP contribution in [-0.2, 0) is 17.1 Å². The first-order valence-corrected chi connectivity index (χ1v) is 10.3. The summed E-state index contributed by atoms with van der Waals surface area (Å²) in [4.78, 5) is 8.56. The molecule has 3 heterocycles. The summed E-state index contributed by atoms with van der Waals surface area (Å²) in [6, 6.07) is 5.37. The summed E-state index contributed by atoms with van der Waals surface area (Å²) in [6.45, 7) is 3.59. The monoisotopic (exact) mass is 402 g/mol. The molecule has 0 bridgehead atoms. The van der Waals surface area contributed by atoms with Crippen LogP contribution in [-0.4, -0.2) is 31.7 Å². The molecular formula is C19H19ClN4O2S. The molecule has 3 aromatic heterocycles. The van der Waals surface area contributed by atoms with Crippen LogP contribution in [0.4, 0.5) is 0 Å². The molecule has 0 fully saturated rings.